The van der Waals surface area contributed by atoms with Crippen molar-refractivity contribution in [2.45, 2.75) is 32.2 Å². The van der Waals surface area contributed by atoms with Crippen molar-refractivity contribution in [2.24, 2.45) is 0 Å². The highest BCUT2D eigenvalue weighted by Crippen LogP contribution is 2.22. The van der Waals surface area contributed by atoms with Gasteiger partial charge in [-0.15, -0.1) is 0 Å². The van der Waals surface area contributed by atoms with Crippen molar-refractivity contribution >= 4 is 22.8 Å². The van der Waals surface area contributed by atoms with Crippen LogP contribution in [0.25, 0.3) is 11.0 Å². The number of nitrogens with zero attached hydrogens (tertiary/aromatic N) is 3. The Morgan fingerprint density at radius 3 is 2.76 bits per heavy atom. The molecule has 0 fully saturated rings. The molecule has 0 saturated heterocycles. The number of rotatable bonds is 6. The highest BCUT2D eigenvalue weighted by Gasteiger charge is 2.15. The molecule has 0 unspecified atom stereocenters. The highest BCUT2D eigenvalue weighted by molar-refractivity contribution is 5.86. The van der Waals surface area contributed by atoms with Crippen LogP contribution in [0.15, 0.2) is 6.07 Å². The van der Waals surface area contributed by atoms with E-state index in [0.717, 1.165) is 18.9 Å². The van der Waals surface area contributed by atoms with Gasteiger partial charge in [-0.25, -0.2) is 14.4 Å². The molecule has 4 N–H and O–H groups in total. The molecule has 2 heterocycles. The molecule has 0 aliphatic rings. The van der Waals surface area contributed by atoms with Gasteiger partial charge in [0, 0.05) is 6.07 Å². The Balaban J connectivity index is 2.40. The molecular formula is C13H17F2N5O. The van der Waals surface area contributed by atoms with Gasteiger partial charge in [-0.05, 0) is 6.42 Å². The summed E-state index contributed by atoms with van der Waals surface area (Å²) >= 11 is 0. The summed E-state index contributed by atoms with van der Waals surface area (Å²) in [6, 6.07) is 0.651. The van der Waals surface area contributed by atoms with E-state index in [1.807, 2.05) is 6.92 Å². The summed E-state index contributed by atoms with van der Waals surface area (Å²) in [5.41, 5.74) is 5.75. The van der Waals surface area contributed by atoms with Crippen LogP contribution >= 0.6 is 0 Å². The second-order valence-corrected chi connectivity index (χ2v) is 4.73. The fraction of sp³-hybridized carbons (Fsp3) is 0.462. The highest BCUT2D eigenvalue weighted by atomic mass is 19.2. The zero-order chi connectivity index (χ0) is 15.4. The molecule has 21 heavy (non-hydrogen) atoms. The minimum Gasteiger partial charge on any atom is -0.394 e. The van der Waals surface area contributed by atoms with Gasteiger partial charge in [0.25, 0.3) is 0 Å². The van der Waals surface area contributed by atoms with Crippen molar-refractivity contribution in [2.75, 3.05) is 17.7 Å². The Morgan fingerprint density at radius 2 is 2.10 bits per heavy atom. The number of aliphatic hydroxyl groups is 1. The van der Waals surface area contributed by atoms with Crippen LogP contribution in [-0.4, -0.2) is 32.7 Å². The van der Waals surface area contributed by atoms with Crippen molar-refractivity contribution in [3.63, 3.8) is 0 Å². The standard InChI is InChI=1S/C13H17F2N5O/c1-2-3-4-7(6-21)17-12-10-9(18-13(16)20-12)5-8(14)11(15)19-10/h5,7,21H,2-4,6H2,1H3,(H3,16,17,18,20)/t7-/m1/s1. The lowest BCUT2D eigenvalue weighted by atomic mass is 10.1. The van der Waals surface area contributed by atoms with Crippen molar-refractivity contribution in [3.8, 4) is 0 Å². The number of nitrogens with one attached hydrogen (secondary N) is 1. The number of fused-ring (bicyclic) bond motifs is 1. The number of aliphatic hydroxyl groups excluding tert-OH is 1. The van der Waals surface area contributed by atoms with Crippen LogP contribution < -0.4 is 11.1 Å². The maximum Gasteiger partial charge on any atom is 0.249 e. The smallest absolute Gasteiger partial charge is 0.249 e. The summed E-state index contributed by atoms with van der Waals surface area (Å²) in [6.45, 7) is 1.92. The Hall–Kier alpha value is -2.09. The van der Waals surface area contributed by atoms with Gasteiger partial charge in [0.2, 0.25) is 11.9 Å². The molecule has 0 amide bonds. The van der Waals surface area contributed by atoms with E-state index < -0.39 is 11.8 Å². The summed E-state index contributed by atoms with van der Waals surface area (Å²) in [5.74, 6) is -2.22. The lowest BCUT2D eigenvalue weighted by Crippen LogP contribution is -2.25. The zero-order valence-electron chi connectivity index (χ0n) is 11.6. The average Bonchev–Trinajstić information content (AvgIpc) is 2.45. The van der Waals surface area contributed by atoms with Gasteiger partial charge >= 0.3 is 0 Å². The predicted molar refractivity (Wildman–Crippen MR) is 75.7 cm³/mol. The number of nitrogens with two attached hydrogens (primary N) is 1. The lowest BCUT2D eigenvalue weighted by Gasteiger charge is -2.17. The van der Waals surface area contributed by atoms with E-state index in [-0.39, 0.29) is 35.4 Å². The molecule has 1 atom stereocenters. The Morgan fingerprint density at radius 1 is 1.33 bits per heavy atom. The molecule has 2 aromatic heterocycles. The maximum atomic E-state index is 13.3. The molecule has 0 saturated carbocycles. The first-order valence-electron chi connectivity index (χ1n) is 6.71. The third-order valence-corrected chi connectivity index (χ3v) is 3.07. The first-order valence-corrected chi connectivity index (χ1v) is 6.71. The minimum atomic E-state index is -1.23. The molecule has 0 aromatic carbocycles. The summed E-state index contributed by atoms with van der Waals surface area (Å²) in [5, 5.41) is 12.3. The average molecular weight is 297 g/mol. The topological polar surface area (TPSA) is 97.0 Å². The van der Waals surface area contributed by atoms with Crippen molar-refractivity contribution in [1.29, 1.82) is 0 Å². The van der Waals surface area contributed by atoms with Crippen molar-refractivity contribution in [1.82, 2.24) is 15.0 Å². The van der Waals surface area contributed by atoms with E-state index in [9.17, 15) is 13.9 Å². The predicted octanol–water partition coefficient (Wildman–Crippen LogP) is 1.85. The van der Waals surface area contributed by atoms with E-state index in [1.54, 1.807) is 0 Å². The number of nitrogen functional groups attached to an aromatic ring is 1. The molecule has 8 heteroatoms. The number of pyridine rings is 1. The second kappa shape index (κ2) is 6.57. The van der Waals surface area contributed by atoms with Crippen LogP contribution in [-0.2, 0) is 0 Å². The largest absolute Gasteiger partial charge is 0.394 e. The summed E-state index contributed by atoms with van der Waals surface area (Å²) in [4.78, 5) is 11.3. The van der Waals surface area contributed by atoms with Gasteiger partial charge in [-0.2, -0.15) is 9.37 Å². The fourth-order valence-corrected chi connectivity index (χ4v) is 1.99. The van der Waals surface area contributed by atoms with Crippen LogP contribution in [0.4, 0.5) is 20.5 Å². The molecule has 2 rings (SSSR count). The third kappa shape index (κ3) is 3.52. The van der Waals surface area contributed by atoms with Crippen LogP contribution in [0.2, 0.25) is 0 Å². The number of halogens is 2. The molecule has 0 bridgehead atoms. The van der Waals surface area contributed by atoms with Crippen LogP contribution in [0, 0.1) is 11.8 Å². The Labute approximate surface area is 120 Å². The number of hydrogen-bond donors (Lipinski definition) is 3. The molecule has 0 spiro atoms. The van der Waals surface area contributed by atoms with Gasteiger partial charge in [0.1, 0.15) is 5.52 Å². The first-order chi connectivity index (χ1) is 10.0. The van der Waals surface area contributed by atoms with E-state index in [0.29, 0.717) is 6.42 Å². The SMILES string of the molecule is CCCC[C@H](CO)Nc1nc(N)nc2cc(F)c(F)nc12. The summed E-state index contributed by atoms with van der Waals surface area (Å²) < 4.78 is 26.5. The van der Waals surface area contributed by atoms with Gasteiger partial charge in [0.15, 0.2) is 11.6 Å². The normalized spacial score (nSPS) is 12.6. The zero-order valence-corrected chi connectivity index (χ0v) is 11.6. The number of aromatic nitrogens is 3. The van der Waals surface area contributed by atoms with Gasteiger partial charge < -0.3 is 16.2 Å². The van der Waals surface area contributed by atoms with Gasteiger partial charge in [-0.3, -0.25) is 0 Å². The number of hydrogen-bond acceptors (Lipinski definition) is 6. The molecule has 0 radical (unpaired) electrons. The molecule has 0 aliphatic heterocycles. The summed E-state index contributed by atoms with van der Waals surface area (Å²) in [6.07, 6.45) is 2.60. The van der Waals surface area contributed by atoms with Crippen molar-refractivity contribution < 1.29 is 13.9 Å². The van der Waals surface area contributed by atoms with Crippen LogP contribution in [0.5, 0.6) is 0 Å². The van der Waals surface area contributed by atoms with Gasteiger partial charge in [0.05, 0.1) is 18.2 Å². The summed E-state index contributed by atoms with van der Waals surface area (Å²) in [7, 11) is 0. The minimum absolute atomic E-state index is 0.0787. The third-order valence-electron chi connectivity index (χ3n) is 3.07. The van der Waals surface area contributed by atoms with E-state index in [2.05, 4.69) is 20.3 Å². The Bertz CT molecular complexity index is 637. The van der Waals surface area contributed by atoms with E-state index in [4.69, 9.17) is 5.73 Å². The maximum absolute atomic E-state index is 13.3. The molecule has 2 aromatic rings. The lowest BCUT2D eigenvalue weighted by molar-refractivity contribution is 0.267. The number of unbranched alkanes of at least 4 members (excludes halogenated alkanes) is 1. The molecule has 114 valence electrons. The van der Waals surface area contributed by atoms with E-state index >= 15 is 0 Å². The first kappa shape index (κ1) is 15.3. The van der Waals surface area contributed by atoms with Gasteiger partial charge in [-0.1, -0.05) is 19.8 Å². The van der Waals surface area contributed by atoms with Crippen LogP contribution in [0.3, 0.4) is 0 Å². The second-order valence-electron chi connectivity index (χ2n) is 4.73. The van der Waals surface area contributed by atoms with Crippen LogP contribution in [0.1, 0.15) is 26.2 Å². The number of anilines is 2. The molecular weight excluding hydrogens is 280 g/mol. The van der Waals surface area contributed by atoms with Crippen molar-refractivity contribution in [3.05, 3.63) is 17.8 Å². The molecule has 0 aliphatic carbocycles. The quantitative estimate of drug-likeness (QED) is 0.704. The van der Waals surface area contributed by atoms with E-state index in [1.165, 1.54) is 0 Å². The monoisotopic (exact) mass is 297 g/mol. The molecule has 6 nitrogen and oxygen atoms in total. The fourth-order valence-electron chi connectivity index (χ4n) is 1.99. The Kier molecular flexibility index (Phi) is 4.79.